The molecule has 2 aliphatic rings. The number of benzene rings is 1. The maximum absolute atomic E-state index is 14.1. The highest BCUT2D eigenvalue weighted by molar-refractivity contribution is 5.97. The summed E-state index contributed by atoms with van der Waals surface area (Å²) in [5, 5.41) is 12.1. The minimum absolute atomic E-state index is 0.0140. The molecule has 0 unspecified atom stereocenters. The lowest BCUT2D eigenvalue weighted by atomic mass is 9.95. The van der Waals surface area contributed by atoms with Gasteiger partial charge in [-0.3, -0.25) is 9.89 Å². The van der Waals surface area contributed by atoms with Gasteiger partial charge in [-0.05, 0) is 25.0 Å². The Morgan fingerprint density at radius 3 is 3.12 bits per heavy atom. The molecule has 1 atom stereocenters. The number of hydrogen-bond acceptors (Lipinski definition) is 4. The maximum atomic E-state index is 14.1. The highest BCUT2D eigenvalue weighted by Crippen LogP contribution is 2.34. The smallest absolute Gasteiger partial charge is 0.321 e. The second kappa shape index (κ2) is 6.66. The zero-order valence-corrected chi connectivity index (χ0v) is 13.9. The molecule has 1 saturated heterocycles. The quantitative estimate of drug-likeness (QED) is 0.766. The molecule has 0 saturated carbocycles. The van der Waals surface area contributed by atoms with E-state index in [2.05, 4.69) is 20.8 Å². The van der Waals surface area contributed by atoms with Gasteiger partial charge in [0, 0.05) is 42.7 Å². The molecule has 3 heterocycles. The molecule has 0 aliphatic carbocycles. The molecule has 136 valence electrons. The van der Waals surface area contributed by atoms with Crippen molar-refractivity contribution in [3.8, 4) is 5.75 Å². The average Bonchev–Trinajstić information content (AvgIpc) is 3.16. The molecule has 1 aromatic heterocycles. The Kier molecular flexibility index (Phi) is 4.19. The number of hydrogen-bond donors (Lipinski definition) is 3. The van der Waals surface area contributed by atoms with Gasteiger partial charge in [-0.1, -0.05) is 0 Å². The van der Waals surface area contributed by atoms with Gasteiger partial charge in [-0.15, -0.1) is 0 Å². The number of aromatic amines is 1. The van der Waals surface area contributed by atoms with E-state index in [-0.39, 0.29) is 41.6 Å². The number of likely N-dealkylation sites (tertiary alicyclic amines) is 1. The van der Waals surface area contributed by atoms with E-state index < -0.39 is 5.82 Å². The molecular weight excluding hydrogens is 341 g/mol. The number of nitrogens with zero attached hydrogens (tertiary/aromatic N) is 2. The molecule has 26 heavy (non-hydrogen) atoms. The number of anilines is 2. The summed E-state index contributed by atoms with van der Waals surface area (Å²) in [6.45, 7) is 0.962. The van der Waals surface area contributed by atoms with Crippen molar-refractivity contribution in [1.29, 1.82) is 0 Å². The lowest BCUT2D eigenvalue weighted by molar-refractivity contribution is -0.118. The van der Waals surface area contributed by atoms with Crippen LogP contribution < -0.4 is 15.4 Å². The SMILES string of the molecule is O=C1COc2c(F)cc(NC(=O)N3CCC[C@H](c4ccn[nH]4)C3)cc2N1. The third kappa shape index (κ3) is 3.19. The van der Waals surface area contributed by atoms with E-state index in [1.807, 2.05) is 6.07 Å². The van der Waals surface area contributed by atoms with Crippen molar-refractivity contribution in [3.05, 3.63) is 35.9 Å². The van der Waals surface area contributed by atoms with Gasteiger partial charge >= 0.3 is 6.03 Å². The lowest BCUT2D eigenvalue weighted by Gasteiger charge is -2.32. The molecule has 1 fully saturated rings. The predicted octanol–water partition coefficient (Wildman–Crippen LogP) is 2.29. The fourth-order valence-electron chi connectivity index (χ4n) is 3.34. The first-order valence-corrected chi connectivity index (χ1v) is 8.41. The van der Waals surface area contributed by atoms with Crippen LogP contribution in [0.3, 0.4) is 0 Å². The molecule has 2 aliphatic heterocycles. The second-order valence-corrected chi connectivity index (χ2v) is 6.40. The summed E-state index contributed by atoms with van der Waals surface area (Å²) in [4.78, 5) is 25.7. The molecule has 0 spiro atoms. The number of carbonyl (C=O) groups excluding carboxylic acids is 2. The van der Waals surface area contributed by atoms with Gasteiger partial charge < -0.3 is 20.3 Å². The summed E-state index contributed by atoms with van der Waals surface area (Å²) >= 11 is 0. The van der Waals surface area contributed by atoms with E-state index in [1.54, 1.807) is 11.1 Å². The number of carbonyl (C=O) groups is 2. The first-order chi connectivity index (χ1) is 12.6. The van der Waals surface area contributed by atoms with Crippen molar-refractivity contribution >= 4 is 23.3 Å². The van der Waals surface area contributed by atoms with Crippen molar-refractivity contribution in [2.24, 2.45) is 0 Å². The Bertz CT molecular complexity index is 839. The molecule has 0 bridgehead atoms. The topological polar surface area (TPSA) is 99.3 Å². The molecule has 9 heteroatoms. The Labute approximate surface area is 148 Å². The van der Waals surface area contributed by atoms with Crippen molar-refractivity contribution in [1.82, 2.24) is 15.1 Å². The van der Waals surface area contributed by atoms with Gasteiger partial charge in [0.25, 0.3) is 5.91 Å². The van der Waals surface area contributed by atoms with E-state index in [0.717, 1.165) is 18.5 Å². The molecule has 3 N–H and O–H groups in total. The predicted molar refractivity (Wildman–Crippen MR) is 91.7 cm³/mol. The third-order valence-corrected chi connectivity index (χ3v) is 4.59. The van der Waals surface area contributed by atoms with E-state index in [9.17, 15) is 14.0 Å². The standard InChI is InChI=1S/C17H18FN5O3/c18-12-6-11(7-14-16(12)26-9-15(24)21-14)20-17(25)23-5-1-2-10(8-23)13-3-4-19-22-13/h3-4,6-7,10H,1-2,5,8-9H2,(H,19,22)(H,20,25)(H,21,24)/t10-/m0/s1. The fraction of sp³-hybridized carbons (Fsp3) is 0.353. The minimum atomic E-state index is -0.633. The van der Waals surface area contributed by atoms with E-state index in [4.69, 9.17) is 4.74 Å². The minimum Gasteiger partial charge on any atom is -0.478 e. The zero-order chi connectivity index (χ0) is 18.1. The van der Waals surface area contributed by atoms with Crippen molar-refractivity contribution in [3.63, 3.8) is 0 Å². The Morgan fingerprint density at radius 1 is 1.42 bits per heavy atom. The van der Waals surface area contributed by atoms with Crippen LogP contribution in [-0.2, 0) is 4.79 Å². The van der Waals surface area contributed by atoms with Crippen LogP contribution in [0.2, 0.25) is 0 Å². The Balaban J connectivity index is 1.47. The van der Waals surface area contributed by atoms with Crippen LogP contribution in [0, 0.1) is 5.82 Å². The van der Waals surface area contributed by atoms with Gasteiger partial charge in [-0.25, -0.2) is 9.18 Å². The molecule has 2 aromatic rings. The number of piperidine rings is 1. The number of amides is 3. The van der Waals surface area contributed by atoms with Gasteiger partial charge in [0.1, 0.15) is 0 Å². The van der Waals surface area contributed by atoms with Crippen LogP contribution in [0.25, 0.3) is 0 Å². The van der Waals surface area contributed by atoms with Crippen molar-refractivity contribution in [2.75, 3.05) is 30.3 Å². The van der Waals surface area contributed by atoms with Crippen LogP contribution in [0.1, 0.15) is 24.5 Å². The molecular formula is C17H18FN5O3. The van der Waals surface area contributed by atoms with Gasteiger partial charge in [0.05, 0.1) is 5.69 Å². The largest absolute Gasteiger partial charge is 0.478 e. The average molecular weight is 359 g/mol. The van der Waals surface area contributed by atoms with Gasteiger partial charge in [-0.2, -0.15) is 5.10 Å². The molecule has 3 amide bonds. The second-order valence-electron chi connectivity index (χ2n) is 6.40. The number of nitrogens with one attached hydrogen (secondary N) is 3. The van der Waals surface area contributed by atoms with E-state index >= 15 is 0 Å². The Morgan fingerprint density at radius 2 is 2.31 bits per heavy atom. The van der Waals surface area contributed by atoms with Gasteiger partial charge in [0.2, 0.25) is 0 Å². The van der Waals surface area contributed by atoms with Crippen LogP contribution in [0.4, 0.5) is 20.6 Å². The summed E-state index contributed by atoms with van der Waals surface area (Å²) in [6.07, 6.45) is 3.54. The Hall–Kier alpha value is -3.10. The number of H-pyrrole nitrogens is 1. The number of fused-ring (bicyclic) bond motifs is 1. The monoisotopic (exact) mass is 359 g/mol. The number of halogens is 1. The zero-order valence-electron chi connectivity index (χ0n) is 13.9. The molecule has 1 aromatic carbocycles. The summed E-state index contributed by atoms with van der Waals surface area (Å²) in [5.74, 6) is -0.810. The van der Waals surface area contributed by atoms with Crippen LogP contribution in [0.5, 0.6) is 5.75 Å². The number of urea groups is 1. The number of ether oxygens (including phenoxy) is 1. The van der Waals surface area contributed by atoms with Crippen LogP contribution >= 0.6 is 0 Å². The lowest BCUT2D eigenvalue weighted by Crippen LogP contribution is -2.41. The summed E-state index contributed by atoms with van der Waals surface area (Å²) in [7, 11) is 0. The highest BCUT2D eigenvalue weighted by atomic mass is 19.1. The molecule has 8 nitrogen and oxygen atoms in total. The van der Waals surface area contributed by atoms with E-state index in [0.29, 0.717) is 13.1 Å². The maximum Gasteiger partial charge on any atom is 0.321 e. The number of rotatable bonds is 2. The normalized spacial score (nSPS) is 19.3. The highest BCUT2D eigenvalue weighted by Gasteiger charge is 2.26. The van der Waals surface area contributed by atoms with Crippen molar-refractivity contribution < 1.29 is 18.7 Å². The molecule has 4 rings (SSSR count). The van der Waals surface area contributed by atoms with Gasteiger partial charge in [0.15, 0.2) is 18.2 Å². The first-order valence-electron chi connectivity index (χ1n) is 8.41. The fourth-order valence-corrected chi connectivity index (χ4v) is 3.34. The summed E-state index contributed by atoms with van der Waals surface area (Å²) < 4.78 is 19.2. The van der Waals surface area contributed by atoms with Crippen molar-refractivity contribution in [2.45, 2.75) is 18.8 Å². The van der Waals surface area contributed by atoms with Crippen LogP contribution in [0.15, 0.2) is 24.4 Å². The third-order valence-electron chi connectivity index (χ3n) is 4.59. The summed E-state index contributed by atoms with van der Waals surface area (Å²) in [6, 6.07) is 4.28. The molecule has 0 radical (unpaired) electrons. The summed E-state index contributed by atoms with van der Waals surface area (Å²) in [5.41, 5.74) is 1.48. The van der Waals surface area contributed by atoms with Crippen LogP contribution in [-0.4, -0.2) is 46.7 Å². The number of aromatic nitrogens is 2. The first kappa shape index (κ1) is 16.4. The van der Waals surface area contributed by atoms with E-state index in [1.165, 1.54) is 12.1 Å².